The molecular formula is C25H24O2. The van der Waals surface area contributed by atoms with Crippen molar-refractivity contribution in [3.8, 4) is 16.9 Å². The standard InChI is InChI=1S/C25H24O2/c26-24-12-11-21-14-25(27-16-17-5-1-2-6-17)23(15-22(21)24)20-10-9-18-7-3-4-8-19(18)13-20/h3-4,7-10,13-15,17H,1-2,5-6,11-12,16H2. The third kappa shape index (κ3) is 3.14. The van der Waals surface area contributed by atoms with Crippen LogP contribution in [0.3, 0.4) is 0 Å². The lowest BCUT2D eigenvalue weighted by molar-refractivity contribution is 0.0994. The number of carbonyl (C=O) groups excluding carboxylic acids is 1. The summed E-state index contributed by atoms with van der Waals surface area (Å²) in [7, 11) is 0. The van der Waals surface area contributed by atoms with Crippen molar-refractivity contribution in [3.05, 3.63) is 65.7 Å². The van der Waals surface area contributed by atoms with E-state index in [0.717, 1.165) is 41.0 Å². The summed E-state index contributed by atoms with van der Waals surface area (Å²) in [5.41, 5.74) is 4.20. The molecule has 0 radical (unpaired) electrons. The molecule has 0 spiro atoms. The predicted octanol–water partition coefficient (Wildman–Crippen LogP) is 6.20. The number of ether oxygens (including phenoxy) is 1. The Morgan fingerprint density at radius 1 is 0.852 bits per heavy atom. The molecule has 0 bridgehead atoms. The number of fused-ring (bicyclic) bond motifs is 2. The first-order valence-electron chi connectivity index (χ1n) is 10.1. The van der Waals surface area contributed by atoms with E-state index in [0.29, 0.717) is 12.3 Å². The van der Waals surface area contributed by atoms with Crippen LogP contribution in [0, 0.1) is 5.92 Å². The number of benzene rings is 3. The van der Waals surface area contributed by atoms with Crippen molar-refractivity contribution in [1.29, 1.82) is 0 Å². The van der Waals surface area contributed by atoms with Crippen molar-refractivity contribution in [3.63, 3.8) is 0 Å². The maximum Gasteiger partial charge on any atom is 0.163 e. The predicted molar refractivity (Wildman–Crippen MR) is 109 cm³/mol. The second-order valence-electron chi connectivity index (χ2n) is 7.95. The summed E-state index contributed by atoms with van der Waals surface area (Å²) in [5, 5.41) is 2.44. The molecule has 27 heavy (non-hydrogen) atoms. The molecule has 136 valence electrons. The first-order chi connectivity index (χ1) is 13.3. The molecule has 3 aromatic carbocycles. The SMILES string of the molecule is O=C1CCc2cc(OCC3CCCC3)c(-c3ccc4ccccc4c3)cc21. The quantitative estimate of drug-likeness (QED) is 0.556. The minimum Gasteiger partial charge on any atom is -0.493 e. The maximum atomic E-state index is 12.3. The summed E-state index contributed by atoms with van der Waals surface area (Å²) < 4.78 is 6.34. The molecule has 0 atom stereocenters. The molecule has 2 aliphatic carbocycles. The van der Waals surface area contributed by atoms with E-state index in [2.05, 4.69) is 54.6 Å². The summed E-state index contributed by atoms with van der Waals surface area (Å²) >= 11 is 0. The van der Waals surface area contributed by atoms with Gasteiger partial charge in [-0.15, -0.1) is 0 Å². The van der Waals surface area contributed by atoms with Crippen molar-refractivity contribution in [2.45, 2.75) is 38.5 Å². The van der Waals surface area contributed by atoms with Gasteiger partial charge < -0.3 is 4.74 Å². The van der Waals surface area contributed by atoms with Crippen LogP contribution in [0.15, 0.2) is 54.6 Å². The third-order valence-corrected chi connectivity index (χ3v) is 6.14. The van der Waals surface area contributed by atoms with Crippen LogP contribution in [0.4, 0.5) is 0 Å². The molecule has 1 fully saturated rings. The second-order valence-corrected chi connectivity index (χ2v) is 7.95. The van der Waals surface area contributed by atoms with E-state index < -0.39 is 0 Å². The molecular weight excluding hydrogens is 332 g/mol. The highest BCUT2D eigenvalue weighted by atomic mass is 16.5. The van der Waals surface area contributed by atoms with E-state index in [1.165, 1.54) is 36.5 Å². The lowest BCUT2D eigenvalue weighted by Crippen LogP contribution is -2.09. The molecule has 0 heterocycles. The smallest absolute Gasteiger partial charge is 0.163 e. The zero-order valence-corrected chi connectivity index (χ0v) is 15.5. The average molecular weight is 356 g/mol. The summed E-state index contributed by atoms with van der Waals surface area (Å²) in [5.74, 6) is 1.87. The first kappa shape index (κ1) is 16.6. The van der Waals surface area contributed by atoms with Crippen LogP contribution in [0.5, 0.6) is 5.75 Å². The number of hydrogen-bond acceptors (Lipinski definition) is 2. The van der Waals surface area contributed by atoms with Crippen LogP contribution in [0.2, 0.25) is 0 Å². The Labute approximate surface area is 160 Å². The van der Waals surface area contributed by atoms with Crippen LogP contribution < -0.4 is 4.74 Å². The van der Waals surface area contributed by atoms with Crippen molar-refractivity contribution < 1.29 is 9.53 Å². The Hall–Kier alpha value is -2.61. The fraction of sp³-hybridized carbons (Fsp3) is 0.320. The molecule has 1 saturated carbocycles. The monoisotopic (exact) mass is 356 g/mol. The number of rotatable bonds is 4. The molecule has 0 unspecified atom stereocenters. The Bertz CT molecular complexity index is 1010. The van der Waals surface area contributed by atoms with Crippen LogP contribution in [-0.4, -0.2) is 12.4 Å². The van der Waals surface area contributed by atoms with Gasteiger partial charge in [-0.25, -0.2) is 0 Å². The molecule has 0 N–H and O–H groups in total. The van der Waals surface area contributed by atoms with Crippen LogP contribution in [0.1, 0.15) is 48.0 Å². The van der Waals surface area contributed by atoms with E-state index in [9.17, 15) is 4.79 Å². The number of aryl methyl sites for hydroxylation is 1. The van der Waals surface area contributed by atoms with E-state index in [4.69, 9.17) is 4.74 Å². The van der Waals surface area contributed by atoms with E-state index >= 15 is 0 Å². The van der Waals surface area contributed by atoms with Crippen molar-refractivity contribution in [2.75, 3.05) is 6.61 Å². The summed E-state index contributed by atoms with van der Waals surface area (Å²) in [6.07, 6.45) is 6.66. The number of ketones is 1. The van der Waals surface area contributed by atoms with E-state index in [1.54, 1.807) is 0 Å². The van der Waals surface area contributed by atoms with Gasteiger partial charge in [-0.2, -0.15) is 0 Å². The molecule has 0 saturated heterocycles. The Kier molecular flexibility index (Phi) is 4.20. The maximum absolute atomic E-state index is 12.3. The molecule has 3 aromatic rings. The summed E-state index contributed by atoms with van der Waals surface area (Å²) in [6, 6.07) is 19.1. The number of Topliss-reactive ketones (excluding diaryl/α,β-unsaturated/α-hetero) is 1. The van der Waals surface area contributed by atoms with Gasteiger partial charge in [-0.1, -0.05) is 49.2 Å². The fourth-order valence-corrected chi connectivity index (χ4v) is 4.56. The van der Waals surface area contributed by atoms with Gasteiger partial charge in [-0.3, -0.25) is 4.79 Å². The molecule has 2 nitrogen and oxygen atoms in total. The lowest BCUT2D eigenvalue weighted by atomic mass is 9.96. The van der Waals surface area contributed by atoms with Crippen molar-refractivity contribution >= 4 is 16.6 Å². The van der Waals surface area contributed by atoms with Gasteiger partial charge in [0.15, 0.2) is 5.78 Å². The molecule has 0 aliphatic heterocycles. The molecule has 2 heteroatoms. The molecule has 5 rings (SSSR count). The van der Waals surface area contributed by atoms with Gasteiger partial charge in [0.1, 0.15) is 5.75 Å². The third-order valence-electron chi connectivity index (χ3n) is 6.14. The van der Waals surface area contributed by atoms with Gasteiger partial charge >= 0.3 is 0 Å². The number of carbonyl (C=O) groups is 1. The van der Waals surface area contributed by atoms with Crippen LogP contribution in [0.25, 0.3) is 21.9 Å². The first-order valence-corrected chi connectivity index (χ1v) is 10.1. The van der Waals surface area contributed by atoms with Gasteiger partial charge in [0.05, 0.1) is 6.61 Å². The largest absolute Gasteiger partial charge is 0.493 e. The highest BCUT2D eigenvalue weighted by Crippen LogP contribution is 2.38. The zero-order chi connectivity index (χ0) is 18.2. The second kappa shape index (κ2) is 6.84. The average Bonchev–Trinajstić information content (AvgIpc) is 3.35. The van der Waals surface area contributed by atoms with E-state index in [1.807, 2.05) is 0 Å². The van der Waals surface area contributed by atoms with Gasteiger partial charge in [-0.05, 0) is 65.3 Å². The number of hydrogen-bond donors (Lipinski definition) is 0. The van der Waals surface area contributed by atoms with E-state index in [-0.39, 0.29) is 5.78 Å². The fourth-order valence-electron chi connectivity index (χ4n) is 4.56. The van der Waals surface area contributed by atoms with Crippen LogP contribution >= 0.6 is 0 Å². The van der Waals surface area contributed by atoms with Crippen molar-refractivity contribution in [2.24, 2.45) is 5.92 Å². The normalized spacial score (nSPS) is 16.8. The zero-order valence-electron chi connectivity index (χ0n) is 15.5. The Balaban J connectivity index is 1.57. The molecule has 0 amide bonds. The Morgan fingerprint density at radius 2 is 1.67 bits per heavy atom. The highest BCUT2D eigenvalue weighted by molar-refractivity contribution is 6.02. The van der Waals surface area contributed by atoms with Gasteiger partial charge in [0.25, 0.3) is 0 Å². The van der Waals surface area contributed by atoms with Gasteiger partial charge in [0, 0.05) is 17.5 Å². The Morgan fingerprint density at radius 3 is 2.52 bits per heavy atom. The molecule has 0 aromatic heterocycles. The van der Waals surface area contributed by atoms with Crippen LogP contribution in [-0.2, 0) is 6.42 Å². The summed E-state index contributed by atoms with van der Waals surface area (Å²) in [4.78, 5) is 12.3. The molecule has 2 aliphatic rings. The minimum atomic E-state index is 0.259. The minimum absolute atomic E-state index is 0.259. The topological polar surface area (TPSA) is 26.3 Å². The summed E-state index contributed by atoms with van der Waals surface area (Å²) in [6.45, 7) is 0.785. The highest BCUT2D eigenvalue weighted by Gasteiger charge is 2.24. The van der Waals surface area contributed by atoms with Gasteiger partial charge in [0.2, 0.25) is 0 Å². The van der Waals surface area contributed by atoms with Crippen molar-refractivity contribution in [1.82, 2.24) is 0 Å². The lowest BCUT2D eigenvalue weighted by Gasteiger charge is -2.17.